The van der Waals surface area contributed by atoms with Crippen molar-refractivity contribution in [1.82, 2.24) is 4.90 Å². The third kappa shape index (κ3) is 2.61. The van der Waals surface area contributed by atoms with Crippen molar-refractivity contribution >= 4 is 17.3 Å². The minimum atomic E-state index is -0.0898. The van der Waals surface area contributed by atoms with Crippen LogP contribution in [0.5, 0.6) is 5.75 Å². The summed E-state index contributed by atoms with van der Waals surface area (Å²) >= 11 is 5.08. The molecule has 1 saturated carbocycles. The first-order valence-corrected chi connectivity index (χ1v) is 7.09. The molecule has 0 saturated heterocycles. The van der Waals surface area contributed by atoms with Gasteiger partial charge in [-0.2, -0.15) is 5.11 Å². The van der Waals surface area contributed by atoms with Crippen molar-refractivity contribution in [3.05, 3.63) is 29.8 Å². The Bertz CT molecular complexity index is 494. The maximum atomic E-state index is 5.95. The summed E-state index contributed by atoms with van der Waals surface area (Å²) in [7, 11) is 1.91. The molecule has 1 aromatic rings. The molecule has 0 spiro atoms. The number of hydrogen-bond donors (Lipinski definition) is 0. The van der Waals surface area contributed by atoms with Gasteiger partial charge in [0.25, 0.3) is 0 Å². The number of ether oxygens (including phenoxy) is 1. The predicted octanol–water partition coefficient (Wildman–Crippen LogP) is 3.69. The van der Waals surface area contributed by atoms with Crippen molar-refractivity contribution in [2.45, 2.75) is 38.0 Å². The van der Waals surface area contributed by atoms with Crippen molar-refractivity contribution in [1.29, 1.82) is 0 Å². The van der Waals surface area contributed by atoms with Crippen LogP contribution < -0.4 is 4.74 Å². The topological polar surface area (TPSA) is 37.2 Å². The molecule has 5 heteroatoms. The normalized spacial score (nSPS) is 23.3. The van der Waals surface area contributed by atoms with Gasteiger partial charge in [-0.1, -0.05) is 12.1 Å². The van der Waals surface area contributed by atoms with Gasteiger partial charge in [-0.15, -0.1) is 5.11 Å². The van der Waals surface area contributed by atoms with Gasteiger partial charge in [0.1, 0.15) is 5.75 Å². The van der Waals surface area contributed by atoms with E-state index in [1.807, 2.05) is 36.2 Å². The number of hydrogen-bond acceptors (Lipinski definition) is 3. The van der Waals surface area contributed by atoms with E-state index in [9.17, 15) is 0 Å². The SMILES string of the molecule is CN1C(=S)N=NC1c1ccc(OC2CCCC2)cc1. The van der Waals surface area contributed by atoms with Gasteiger partial charge in [0.05, 0.1) is 6.10 Å². The molecule has 0 radical (unpaired) electrons. The monoisotopic (exact) mass is 275 g/mol. The van der Waals surface area contributed by atoms with E-state index in [-0.39, 0.29) is 6.17 Å². The minimum absolute atomic E-state index is 0.0898. The summed E-state index contributed by atoms with van der Waals surface area (Å²) < 4.78 is 5.95. The number of thiocarbonyl (C=S) groups is 1. The molecule has 1 unspecified atom stereocenters. The van der Waals surface area contributed by atoms with Gasteiger partial charge in [0.2, 0.25) is 5.11 Å². The Hall–Kier alpha value is -1.49. The predicted molar refractivity (Wildman–Crippen MR) is 77.3 cm³/mol. The molecule has 0 N–H and O–H groups in total. The van der Waals surface area contributed by atoms with E-state index in [1.165, 1.54) is 25.7 Å². The van der Waals surface area contributed by atoms with Gasteiger partial charge >= 0.3 is 0 Å². The quantitative estimate of drug-likeness (QED) is 0.789. The van der Waals surface area contributed by atoms with E-state index in [4.69, 9.17) is 17.0 Å². The molecule has 3 rings (SSSR count). The van der Waals surface area contributed by atoms with Crippen LogP contribution in [-0.2, 0) is 0 Å². The summed E-state index contributed by atoms with van der Waals surface area (Å²) in [6, 6.07) is 8.10. The van der Waals surface area contributed by atoms with Crippen molar-refractivity contribution in [2.75, 3.05) is 7.05 Å². The smallest absolute Gasteiger partial charge is 0.217 e. The summed E-state index contributed by atoms with van der Waals surface area (Å²) in [5.41, 5.74) is 1.09. The highest BCUT2D eigenvalue weighted by Crippen LogP contribution is 2.29. The van der Waals surface area contributed by atoms with Crippen LogP contribution in [0.25, 0.3) is 0 Å². The molecule has 1 aromatic carbocycles. The van der Waals surface area contributed by atoms with Crippen molar-refractivity contribution in [3.8, 4) is 5.75 Å². The van der Waals surface area contributed by atoms with Crippen LogP contribution in [0.1, 0.15) is 37.4 Å². The molecule has 1 aliphatic carbocycles. The molecule has 0 aromatic heterocycles. The summed E-state index contributed by atoms with van der Waals surface area (Å²) in [5.74, 6) is 0.941. The highest BCUT2D eigenvalue weighted by molar-refractivity contribution is 7.80. The van der Waals surface area contributed by atoms with Gasteiger partial charge in [0.15, 0.2) is 6.17 Å². The van der Waals surface area contributed by atoms with Crippen LogP contribution in [0.4, 0.5) is 0 Å². The fourth-order valence-corrected chi connectivity index (χ4v) is 2.71. The number of azo groups is 1. The second kappa shape index (κ2) is 5.25. The first kappa shape index (κ1) is 12.5. The molecule has 0 amide bonds. The fraction of sp³-hybridized carbons (Fsp3) is 0.500. The molecule has 2 aliphatic rings. The minimum Gasteiger partial charge on any atom is -0.490 e. The van der Waals surface area contributed by atoms with E-state index in [1.54, 1.807) is 0 Å². The molecule has 0 bridgehead atoms. The Balaban J connectivity index is 1.68. The van der Waals surface area contributed by atoms with Gasteiger partial charge in [-0.3, -0.25) is 0 Å². The zero-order valence-corrected chi connectivity index (χ0v) is 11.8. The summed E-state index contributed by atoms with van der Waals surface area (Å²) in [6.07, 6.45) is 5.23. The average molecular weight is 275 g/mol. The van der Waals surface area contributed by atoms with E-state index in [0.717, 1.165) is 11.3 Å². The maximum absolute atomic E-state index is 5.95. The molecule has 19 heavy (non-hydrogen) atoms. The fourth-order valence-electron chi connectivity index (χ4n) is 2.56. The van der Waals surface area contributed by atoms with E-state index in [2.05, 4.69) is 10.2 Å². The number of rotatable bonds is 3. The van der Waals surface area contributed by atoms with E-state index < -0.39 is 0 Å². The molecule has 1 fully saturated rings. The van der Waals surface area contributed by atoms with Gasteiger partial charge < -0.3 is 9.64 Å². The zero-order valence-electron chi connectivity index (χ0n) is 11.0. The summed E-state index contributed by atoms with van der Waals surface area (Å²) in [6.45, 7) is 0. The first-order valence-electron chi connectivity index (χ1n) is 6.68. The second-order valence-electron chi connectivity index (χ2n) is 5.08. The molecular weight excluding hydrogens is 258 g/mol. The van der Waals surface area contributed by atoms with Crippen molar-refractivity contribution in [2.24, 2.45) is 10.2 Å². The van der Waals surface area contributed by atoms with Crippen molar-refractivity contribution in [3.63, 3.8) is 0 Å². The summed E-state index contributed by atoms with van der Waals surface area (Å²) in [5, 5.41) is 8.64. The summed E-state index contributed by atoms with van der Waals surface area (Å²) in [4.78, 5) is 1.89. The Morgan fingerprint density at radius 2 is 1.89 bits per heavy atom. The lowest BCUT2D eigenvalue weighted by molar-refractivity contribution is 0.210. The highest BCUT2D eigenvalue weighted by Gasteiger charge is 2.24. The highest BCUT2D eigenvalue weighted by atomic mass is 32.1. The Kier molecular flexibility index (Phi) is 3.46. The largest absolute Gasteiger partial charge is 0.490 e. The van der Waals surface area contributed by atoms with Gasteiger partial charge in [-0.05, 0) is 55.6 Å². The third-order valence-corrected chi connectivity index (χ3v) is 4.07. The zero-order chi connectivity index (χ0) is 13.2. The van der Waals surface area contributed by atoms with Crippen LogP contribution in [0, 0.1) is 0 Å². The molecule has 1 heterocycles. The Morgan fingerprint density at radius 3 is 2.47 bits per heavy atom. The Labute approximate surface area is 118 Å². The number of nitrogens with zero attached hydrogens (tertiary/aromatic N) is 3. The molecule has 1 aliphatic heterocycles. The van der Waals surface area contributed by atoms with Crippen molar-refractivity contribution < 1.29 is 4.74 Å². The molecule has 1 atom stereocenters. The van der Waals surface area contributed by atoms with Gasteiger partial charge in [-0.25, -0.2) is 0 Å². The Morgan fingerprint density at radius 1 is 1.21 bits per heavy atom. The lowest BCUT2D eigenvalue weighted by atomic mass is 10.1. The maximum Gasteiger partial charge on any atom is 0.217 e. The lowest BCUT2D eigenvalue weighted by Crippen LogP contribution is -2.22. The van der Waals surface area contributed by atoms with Crippen LogP contribution in [0.15, 0.2) is 34.5 Å². The van der Waals surface area contributed by atoms with E-state index >= 15 is 0 Å². The van der Waals surface area contributed by atoms with Crippen LogP contribution in [0.2, 0.25) is 0 Å². The van der Waals surface area contributed by atoms with Crippen LogP contribution in [-0.4, -0.2) is 23.2 Å². The average Bonchev–Trinajstić information content (AvgIpc) is 3.03. The van der Waals surface area contributed by atoms with Crippen LogP contribution >= 0.6 is 12.2 Å². The lowest BCUT2D eigenvalue weighted by Gasteiger charge is -2.18. The number of benzene rings is 1. The van der Waals surface area contributed by atoms with E-state index in [0.29, 0.717) is 11.2 Å². The second-order valence-corrected chi connectivity index (χ2v) is 5.44. The molecular formula is C14H17N3OS. The van der Waals surface area contributed by atoms with Crippen LogP contribution in [0.3, 0.4) is 0 Å². The molecule has 4 nitrogen and oxygen atoms in total. The first-order chi connectivity index (χ1) is 9.24. The standard InChI is InChI=1S/C14H17N3OS/c1-17-13(15-16-14(17)19)10-6-8-12(9-7-10)18-11-4-2-3-5-11/h6-9,11,13H,2-5H2,1H3. The molecule has 100 valence electrons. The van der Waals surface area contributed by atoms with Gasteiger partial charge in [0, 0.05) is 7.05 Å². The third-order valence-electron chi connectivity index (χ3n) is 3.70.